The van der Waals surface area contributed by atoms with Crippen molar-refractivity contribution in [3.05, 3.63) is 23.9 Å². The molecule has 0 unspecified atom stereocenters. The zero-order chi connectivity index (χ0) is 12.1. The van der Waals surface area contributed by atoms with Gasteiger partial charge in [-0.1, -0.05) is 6.07 Å². The van der Waals surface area contributed by atoms with Crippen LogP contribution in [0.2, 0.25) is 0 Å². The SMILES string of the molecule is CN=C(N)NCc1ccc(N2CCCC2)nc1. The van der Waals surface area contributed by atoms with Gasteiger partial charge in [0, 0.05) is 32.9 Å². The summed E-state index contributed by atoms with van der Waals surface area (Å²) in [5.74, 6) is 1.53. The molecule has 0 aliphatic carbocycles. The van der Waals surface area contributed by atoms with Crippen LogP contribution in [0, 0.1) is 0 Å². The lowest BCUT2D eigenvalue weighted by Gasteiger charge is -2.16. The maximum absolute atomic E-state index is 5.56. The molecule has 0 aromatic carbocycles. The zero-order valence-corrected chi connectivity index (χ0v) is 10.2. The highest BCUT2D eigenvalue weighted by Crippen LogP contribution is 2.17. The van der Waals surface area contributed by atoms with Gasteiger partial charge in [-0.15, -0.1) is 0 Å². The van der Waals surface area contributed by atoms with Gasteiger partial charge in [0.25, 0.3) is 0 Å². The predicted molar refractivity (Wildman–Crippen MR) is 70.1 cm³/mol. The van der Waals surface area contributed by atoms with Crippen LogP contribution in [0.1, 0.15) is 18.4 Å². The van der Waals surface area contributed by atoms with Crippen LogP contribution in [0.3, 0.4) is 0 Å². The summed E-state index contributed by atoms with van der Waals surface area (Å²) in [5.41, 5.74) is 6.67. The summed E-state index contributed by atoms with van der Waals surface area (Å²) in [6.45, 7) is 2.91. The molecular weight excluding hydrogens is 214 g/mol. The summed E-state index contributed by atoms with van der Waals surface area (Å²) in [6.07, 6.45) is 4.44. The molecule has 0 bridgehead atoms. The van der Waals surface area contributed by atoms with Crippen molar-refractivity contribution in [1.29, 1.82) is 0 Å². The van der Waals surface area contributed by atoms with Crippen molar-refractivity contribution >= 4 is 11.8 Å². The minimum absolute atomic E-state index is 0.452. The average molecular weight is 233 g/mol. The summed E-state index contributed by atoms with van der Waals surface area (Å²) in [5, 5.41) is 3.01. The molecule has 3 N–H and O–H groups in total. The number of nitrogens with two attached hydrogens (primary N) is 1. The van der Waals surface area contributed by atoms with Crippen molar-refractivity contribution in [3.8, 4) is 0 Å². The molecule has 1 aromatic rings. The van der Waals surface area contributed by atoms with Gasteiger partial charge >= 0.3 is 0 Å². The van der Waals surface area contributed by atoms with Crippen LogP contribution >= 0.6 is 0 Å². The zero-order valence-electron chi connectivity index (χ0n) is 10.2. The second-order valence-electron chi connectivity index (χ2n) is 4.18. The number of aliphatic imine (C=N–C) groups is 1. The van der Waals surface area contributed by atoms with E-state index in [4.69, 9.17) is 5.73 Å². The van der Waals surface area contributed by atoms with Gasteiger partial charge in [0.1, 0.15) is 5.82 Å². The number of rotatable bonds is 3. The Kier molecular flexibility index (Phi) is 3.80. The molecule has 5 heteroatoms. The molecule has 1 aliphatic rings. The van der Waals surface area contributed by atoms with Crippen LogP contribution in [0.25, 0.3) is 0 Å². The van der Waals surface area contributed by atoms with Gasteiger partial charge in [-0.25, -0.2) is 4.98 Å². The predicted octanol–water partition coefficient (Wildman–Crippen LogP) is 0.716. The second-order valence-corrected chi connectivity index (χ2v) is 4.18. The molecule has 1 fully saturated rings. The number of hydrogen-bond acceptors (Lipinski definition) is 3. The van der Waals surface area contributed by atoms with Gasteiger partial charge in [-0.3, -0.25) is 4.99 Å². The van der Waals surface area contributed by atoms with Crippen LogP contribution in [0.4, 0.5) is 5.82 Å². The summed E-state index contributed by atoms with van der Waals surface area (Å²) in [4.78, 5) is 10.6. The van der Waals surface area contributed by atoms with E-state index in [9.17, 15) is 0 Å². The van der Waals surface area contributed by atoms with E-state index in [1.807, 2.05) is 6.20 Å². The largest absolute Gasteiger partial charge is 0.370 e. The van der Waals surface area contributed by atoms with E-state index in [1.165, 1.54) is 12.8 Å². The molecular formula is C12H19N5. The van der Waals surface area contributed by atoms with E-state index in [2.05, 4.69) is 32.3 Å². The van der Waals surface area contributed by atoms with Crippen molar-refractivity contribution in [2.75, 3.05) is 25.0 Å². The summed E-state index contributed by atoms with van der Waals surface area (Å²) in [7, 11) is 1.66. The molecule has 1 saturated heterocycles. The summed E-state index contributed by atoms with van der Waals surface area (Å²) >= 11 is 0. The quantitative estimate of drug-likeness (QED) is 0.596. The maximum atomic E-state index is 5.56. The van der Waals surface area contributed by atoms with Crippen LogP contribution in [0.5, 0.6) is 0 Å². The van der Waals surface area contributed by atoms with Gasteiger partial charge in [0.15, 0.2) is 5.96 Å². The Balaban J connectivity index is 1.93. The molecule has 0 amide bonds. The Labute approximate surface area is 102 Å². The Morgan fingerprint density at radius 1 is 1.47 bits per heavy atom. The topological polar surface area (TPSA) is 66.5 Å². The lowest BCUT2D eigenvalue weighted by Crippen LogP contribution is -2.30. The van der Waals surface area contributed by atoms with Crippen molar-refractivity contribution < 1.29 is 0 Å². The van der Waals surface area contributed by atoms with E-state index < -0.39 is 0 Å². The average Bonchev–Trinajstić information content (AvgIpc) is 2.90. The van der Waals surface area contributed by atoms with E-state index in [1.54, 1.807) is 7.05 Å². The van der Waals surface area contributed by atoms with Crippen molar-refractivity contribution in [1.82, 2.24) is 10.3 Å². The minimum Gasteiger partial charge on any atom is -0.370 e. The van der Waals surface area contributed by atoms with Gasteiger partial charge in [0.05, 0.1) is 0 Å². The number of hydrogen-bond donors (Lipinski definition) is 2. The first-order chi connectivity index (χ1) is 8.29. The van der Waals surface area contributed by atoms with E-state index in [0.29, 0.717) is 12.5 Å². The fourth-order valence-electron chi connectivity index (χ4n) is 1.93. The number of aromatic nitrogens is 1. The van der Waals surface area contributed by atoms with Crippen LogP contribution < -0.4 is 16.0 Å². The van der Waals surface area contributed by atoms with Crippen LogP contribution in [0.15, 0.2) is 23.3 Å². The second kappa shape index (κ2) is 5.52. The third-order valence-electron chi connectivity index (χ3n) is 2.95. The minimum atomic E-state index is 0.452. The molecule has 0 atom stereocenters. The molecule has 1 aromatic heterocycles. The molecule has 5 nitrogen and oxygen atoms in total. The molecule has 92 valence electrons. The molecule has 0 spiro atoms. The molecule has 2 heterocycles. The standard InChI is InChI=1S/C12H19N5/c1-14-12(13)16-9-10-4-5-11(15-8-10)17-6-2-3-7-17/h4-5,8H,2-3,6-7,9H2,1H3,(H3,13,14,16). The molecule has 0 radical (unpaired) electrons. The first-order valence-electron chi connectivity index (χ1n) is 5.95. The van der Waals surface area contributed by atoms with Gasteiger partial charge in [-0.2, -0.15) is 0 Å². The van der Waals surface area contributed by atoms with Crippen molar-refractivity contribution in [3.63, 3.8) is 0 Å². The van der Waals surface area contributed by atoms with Crippen molar-refractivity contribution in [2.24, 2.45) is 10.7 Å². The van der Waals surface area contributed by atoms with E-state index in [0.717, 1.165) is 24.5 Å². The summed E-state index contributed by atoms with van der Waals surface area (Å²) in [6, 6.07) is 4.15. The number of pyridine rings is 1. The van der Waals surface area contributed by atoms with Crippen molar-refractivity contribution in [2.45, 2.75) is 19.4 Å². The van der Waals surface area contributed by atoms with Gasteiger partial charge in [-0.05, 0) is 24.5 Å². The third kappa shape index (κ3) is 3.09. The Hall–Kier alpha value is -1.78. The Morgan fingerprint density at radius 2 is 2.24 bits per heavy atom. The number of guanidine groups is 1. The summed E-state index contributed by atoms with van der Waals surface area (Å²) < 4.78 is 0. The van der Waals surface area contributed by atoms with Crippen LogP contribution in [-0.2, 0) is 6.54 Å². The Morgan fingerprint density at radius 3 is 2.82 bits per heavy atom. The monoisotopic (exact) mass is 233 g/mol. The highest BCUT2D eigenvalue weighted by Gasteiger charge is 2.12. The van der Waals surface area contributed by atoms with Gasteiger partial charge in [0.2, 0.25) is 0 Å². The maximum Gasteiger partial charge on any atom is 0.188 e. The smallest absolute Gasteiger partial charge is 0.188 e. The van der Waals surface area contributed by atoms with Crippen LogP contribution in [-0.4, -0.2) is 31.1 Å². The highest BCUT2D eigenvalue weighted by atomic mass is 15.2. The highest BCUT2D eigenvalue weighted by molar-refractivity contribution is 5.77. The molecule has 1 aliphatic heterocycles. The molecule has 17 heavy (non-hydrogen) atoms. The number of nitrogens with one attached hydrogen (secondary N) is 1. The Bertz CT molecular complexity index is 378. The van der Waals surface area contributed by atoms with Gasteiger partial charge < -0.3 is 16.0 Å². The molecule has 2 rings (SSSR count). The van der Waals surface area contributed by atoms with E-state index in [-0.39, 0.29) is 0 Å². The first kappa shape index (κ1) is 11.7. The number of nitrogens with zero attached hydrogens (tertiary/aromatic N) is 3. The molecule has 0 saturated carbocycles. The fourth-order valence-corrected chi connectivity index (χ4v) is 1.93. The fraction of sp³-hybridized carbons (Fsp3) is 0.500. The first-order valence-corrected chi connectivity index (χ1v) is 5.95. The number of anilines is 1. The normalized spacial score (nSPS) is 16.3. The van der Waals surface area contributed by atoms with E-state index >= 15 is 0 Å². The lowest BCUT2D eigenvalue weighted by molar-refractivity contribution is 0.882. The lowest BCUT2D eigenvalue weighted by atomic mass is 10.3. The third-order valence-corrected chi connectivity index (χ3v) is 2.95.